The maximum Gasteiger partial charge on any atom is 0.218 e. The zero-order valence-corrected chi connectivity index (χ0v) is 14.2. The fourth-order valence-electron chi connectivity index (χ4n) is 2.31. The molecule has 1 heterocycles. The Morgan fingerprint density at radius 2 is 1.92 bits per heavy atom. The first-order valence-corrected chi connectivity index (χ1v) is 7.52. The summed E-state index contributed by atoms with van der Waals surface area (Å²) in [6.07, 6.45) is 0.411. The van der Waals surface area contributed by atoms with Crippen molar-refractivity contribution >= 4 is 5.82 Å². The standard InChI is InChI=1S/C17H21F2N3O2/c1-11(7-12-5-6-13(18)8-14(12)19)22(2)16-9-17(24-4)21-15(20-16)10-23-3/h5-6,8-9,11H,7,10H2,1-4H3. The van der Waals surface area contributed by atoms with Crippen LogP contribution in [0.2, 0.25) is 0 Å². The first-order chi connectivity index (χ1) is 11.4. The van der Waals surface area contributed by atoms with E-state index in [0.29, 0.717) is 29.5 Å². The lowest BCUT2D eigenvalue weighted by Crippen LogP contribution is -2.32. The molecule has 1 atom stereocenters. The van der Waals surface area contributed by atoms with E-state index in [9.17, 15) is 8.78 Å². The molecule has 5 nitrogen and oxygen atoms in total. The molecule has 0 aliphatic heterocycles. The van der Waals surface area contributed by atoms with Crippen molar-refractivity contribution in [2.75, 3.05) is 26.2 Å². The Morgan fingerprint density at radius 3 is 2.54 bits per heavy atom. The molecule has 0 aliphatic carbocycles. The normalized spacial score (nSPS) is 12.1. The maximum absolute atomic E-state index is 13.8. The largest absolute Gasteiger partial charge is 0.481 e. The number of ether oxygens (including phenoxy) is 2. The monoisotopic (exact) mass is 337 g/mol. The summed E-state index contributed by atoms with van der Waals surface area (Å²) in [5.41, 5.74) is 0.453. The predicted molar refractivity (Wildman–Crippen MR) is 87.2 cm³/mol. The highest BCUT2D eigenvalue weighted by molar-refractivity contribution is 5.42. The highest BCUT2D eigenvalue weighted by Crippen LogP contribution is 2.21. The van der Waals surface area contributed by atoms with Crippen LogP contribution in [0.25, 0.3) is 0 Å². The molecule has 7 heteroatoms. The first-order valence-electron chi connectivity index (χ1n) is 7.52. The molecule has 0 amide bonds. The number of methoxy groups -OCH3 is 2. The molecule has 1 aromatic carbocycles. The third kappa shape index (κ3) is 4.38. The number of rotatable bonds is 7. The van der Waals surface area contributed by atoms with E-state index in [4.69, 9.17) is 9.47 Å². The van der Waals surface area contributed by atoms with Crippen molar-refractivity contribution in [3.63, 3.8) is 0 Å². The van der Waals surface area contributed by atoms with Crippen LogP contribution in [0.15, 0.2) is 24.3 Å². The molecule has 24 heavy (non-hydrogen) atoms. The number of nitrogens with zero attached hydrogens (tertiary/aromatic N) is 3. The summed E-state index contributed by atoms with van der Waals surface area (Å²) in [6.45, 7) is 2.20. The summed E-state index contributed by atoms with van der Waals surface area (Å²) >= 11 is 0. The van der Waals surface area contributed by atoms with Crippen molar-refractivity contribution in [3.05, 3.63) is 47.3 Å². The van der Waals surface area contributed by atoms with E-state index in [2.05, 4.69) is 9.97 Å². The van der Waals surface area contributed by atoms with Crippen molar-refractivity contribution in [1.82, 2.24) is 9.97 Å². The highest BCUT2D eigenvalue weighted by atomic mass is 19.1. The van der Waals surface area contributed by atoms with Crippen molar-refractivity contribution in [2.45, 2.75) is 26.0 Å². The van der Waals surface area contributed by atoms with Gasteiger partial charge in [0.2, 0.25) is 5.88 Å². The van der Waals surface area contributed by atoms with E-state index in [1.54, 1.807) is 13.2 Å². The average Bonchev–Trinajstić information content (AvgIpc) is 2.56. The Morgan fingerprint density at radius 1 is 1.17 bits per heavy atom. The molecule has 0 saturated heterocycles. The zero-order valence-electron chi connectivity index (χ0n) is 14.2. The van der Waals surface area contributed by atoms with Gasteiger partial charge in [0.05, 0.1) is 7.11 Å². The first kappa shape index (κ1) is 18.1. The highest BCUT2D eigenvalue weighted by Gasteiger charge is 2.17. The van der Waals surface area contributed by atoms with E-state index in [1.807, 2.05) is 18.9 Å². The fourth-order valence-corrected chi connectivity index (χ4v) is 2.31. The quantitative estimate of drug-likeness (QED) is 0.777. The van der Waals surface area contributed by atoms with Gasteiger partial charge in [-0.3, -0.25) is 0 Å². The van der Waals surface area contributed by atoms with Crippen LogP contribution in [0.5, 0.6) is 5.88 Å². The average molecular weight is 337 g/mol. The number of hydrogen-bond acceptors (Lipinski definition) is 5. The van der Waals surface area contributed by atoms with Gasteiger partial charge in [-0.05, 0) is 25.0 Å². The summed E-state index contributed by atoms with van der Waals surface area (Å²) in [4.78, 5) is 10.5. The SMILES string of the molecule is COCc1nc(OC)cc(N(C)C(C)Cc2ccc(F)cc2F)n1. The molecular weight excluding hydrogens is 316 g/mol. The molecule has 0 spiro atoms. The van der Waals surface area contributed by atoms with Crippen LogP contribution in [-0.4, -0.2) is 37.3 Å². The lowest BCUT2D eigenvalue weighted by molar-refractivity contribution is 0.177. The van der Waals surface area contributed by atoms with E-state index < -0.39 is 11.6 Å². The summed E-state index contributed by atoms with van der Waals surface area (Å²) in [7, 11) is 4.94. The molecular formula is C17H21F2N3O2. The van der Waals surface area contributed by atoms with E-state index in [-0.39, 0.29) is 12.6 Å². The van der Waals surface area contributed by atoms with E-state index >= 15 is 0 Å². The second-order valence-corrected chi connectivity index (χ2v) is 5.52. The number of halogens is 2. The van der Waals surface area contributed by atoms with Crippen LogP contribution in [0.3, 0.4) is 0 Å². The van der Waals surface area contributed by atoms with Crippen molar-refractivity contribution in [3.8, 4) is 5.88 Å². The third-order valence-corrected chi connectivity index (χ3v) is 3.77. The minimum Gasteiger partial charge on any atom is -0.481 e. The molecule has 1 unspecified atom stereocenters. The number of anilines is 1. The Bertz CT molecular complexity index is 698. The second kappa shape index (κ2) is 8.01. The van der Waals surface area contributed by atoms with Gasteiger partial charge in [-0.2, -0.15) is 4.98 Å². The lowest BCUT2D eigenvalue weighted by Gasteiger charge is -2.26. The minimum absolute atomic E-state index is 0.0695. The summed E-state index contributed by atoms with van der Waals surface area (Å²) in [6, 6.07) is 5.25. The van der Waals surface area contributed by atoms with Gasteiger partial charge in [0, 0.05) is 32.3 Å². The number of benzene rings is 1. The van der Waals surface area contributed by atoms with Gasteiger partial charge in [-0.1, -0.05) is 6.07 Å². The van der Waals surface area contributed by atoms with E-state index in [0.717, 1.165) is 6.07 Å². The molecule has 130 valence electrons. The molecule has 2 aromatic rings. The summed E-state index contributed by atoms with van der Waals surface area (Å²) in [5.74, 6) is 0.444. The van der Waals surface area contributed by atoms with Crippen LogP contribution < -0.4 is 9.64 Å². The van der Waals surface area contributed by atoms with Gasteiger partial charge in [0.15, 0.2) is 5.82 Å². The lowest BCUT2D eigenvalue weighted by atomic mass is 10.1. The predicted octanol–water partition coefficient (Wildman–Crippen LogP) is 2.98. The molecule has 0 saturated carbocycles. The molecule has 2 rings (SSSR count). The van der Waals surface area contributed by atoms with Crippen molar-refractivity contribution in [2.24, 2.45) is 0 Å². The third-order valence-electron chi connectivity index (χ3n) is 3.77. The van der Waals surface area contributed by atoms with Crippen LogP contribution in [-0.2, 0) is 17.8 Å². The van der Waals surface area contributed by atoms with Crippen LogP contribution >= 0.6 is 0 Å². The number of likely N-dealkylation sites (N-methyl/N-ethyl adjacent to an activating group) is 1. The number of hydrogen-bond donors (Lipinski definition) is 0. The number of aromatic nitrogens is 2. The summed E-state index contributed by atoms with van der Waals surface area (Å²) in [5, 5.41) is 0. The summed E-state index contributed by atoms with van der Waals surface area (Å²) < 4.78 is 37.1. The van der Waals surface area contributed by atoms with Gasteiger partial charge < -0.3 is 14.4 Å². The van der Waals surface area contributed by atoms with Crippen molar-refractivity contribution in [1.29, 1.82) is 0 Å². The van der Waals surface area contributed by atoms with Gasteiger partial charge in [0.1, 0.15) is 24.1 Å². The van der Waals surface area contributed by atoms with Crippen LogP contribution in [0, 0.1) is 11.6 Å². The molecule has 0 radical (unpaired) electrons. The maximum atomic E-state index is 13.8. The molecule has 0 bridgehead atoms. The van der Waals surface area contributed by atoms with Crippen molar-refractivity contribution < 1.29 is 18.3 Å². The topological polar surface area (TPSA) is 47.5 Å². The van der Waals surface area contributed by atoms with Gasteiger partial charge >= 0.3 is 0 Å². The fraction of sp³-hybridized carbons (Fsp3) is 0.412. The van der Waals surface area contributed by atoms with E-state index in [1.165, 1.54) is 19.2 Å². The Labute approximate surface area is 140 Å². The molecule has 0 N–H and O–H groups in total. The minimum atomic E-state index is -0.581. The Kier molecular flexibility index (Phi) is 6.03. The zero-order chi connectivity index (χ0) is 17.7. The van der Waals surface area contributed by atoms with Gasteiger partial charge in [-0.15, -0.1) is 0 Å². The second-order valence-electron chi connectivity index (χ2n) is 5.52. The molecule has 0 aliphatic rings. The van der Waals surface area contributed by atoms with Gasteiger partial charge in [0.25, 0.3) is 0 Å². The van der Waals surface area contributed by atoms with Gasteiger partial charge in [-0.25, -0.2) is 13.8 Å². The Hall–Kier alpha value is -2.28. The molecule has 0 fully saturated rings. The van der Waals surface area contributed by atoms with Crippen LogP contribution in [0.1, 0.15) is 18.3 Å². The van der Waals surface area contributed by atoms with Crippen LogP contribution in [0.4, 0.5) is 14.6 Å². The smallest absolute Gasteiger partial charge is 0.218 e. The Balaban J connectivity index is 2.20. The molecule has 1 aromatic heterocycles.